The molecular weight excluding hydrogens is 204 g/mol. The van der Waals surface area contributed by atoms with Gasteiger partial charge in [0.15, 0.2) is 11.0 Å². The lowest BCUT2D eigenvalue weighted by molar-refractivity contribution is -0.684. The predicted molar refractivity (Wildman–Crippen MR) is 65.6 cm³/mol. The Morgan fingerprint density at radius 2 is 2.07 bits per heavy atom. The van der Waals surface area contributed by atoms with Gasteiger partial charge in [-0.3, -0.25) is 0 Å². The topological polar surface area (TPSA) is 8.81 Å². The predicted octanol–water partition coefficient (Wildman–Crippen LogP) is 2.80. The molecule has 1 heterocycles. The van der Waals surface area contributed by atoms with E-state index < -0.39 is 0 Å². The lowest BCUT2D eigenvalue weighted by Crippen LogP contribution is -2.29. The monoisotopic (exact) mass is 217 g/mol. The van der Waals surface area contributed by atoms with Crippen LogP contribution in [0.2, 0.25) is 0 Å². The summed E-state index contributed by atoms with van der Waals surface area (Å²) in [4.78, 5) is 0. The Morgan fingerprint density at radius 1 is 1.33 bits per heavy atom. The molecule has 2 aromatic rings. The molecule has 15 heavy (non-hydrogen) atoms. The van der Waals surface area contributed by atoms with Gasteiger partial charge in [0, 0.05) is 0 Å². The van der Waals surface area contributed by atoms with Crippen molar-refractivity contribution >= 4 is 29.0 Å². The summed E-state index contributed by atoms with van der Waals surface area (Å²) >= 11 is 1.60. The molecule has 0 N–H and O–H groups in total. The second kappa shape index (κ2) is 3.95. The third-order valence-electron chi connectivity index (χ3n) is 2.37. The first-order chi connectivity index (χ1) is 7.29. The Labute approximate surface area is 93.5 Å². The molecule has 2 nitrogen and oxygen atoms in total. The number of para-hydroxylation sites is 2. The summed E-state index contributed by atoms with van der Waals surface area (Å²) in [5.74, 6) is 0. The zero-order valence-corrected chi connectivity index (χ0v) is 9.50. The molecule has 0 aliphatic carbocycles. The number of nitrogens with zero attached hydrogens (tertiary/aromatic N) is 2. The van der Waals surface area contributed by atoms with E-state index in [0.717, 1.165) is 5.16 Å². The van der Waals surface area contributed by atoms with Gasteiger partial charge in [0.05, 0.1) is 13.2 Å². The number of hydrogen-bond acceptors (Lipinski definition) is 1. The highest BCUT2D eigenvalue weighted by molar-refractivity contribution is 8.01. The number of fused-ring (bicyclic) bond motifs is 1. The molecule has 2 rings (SSSR count). The van der Waals surface area contributed by atoms with Crippen molar-refractivity contribution in [2.45, 2.75) is 5.16 Å². The van der Waals surface area contributed by atoms with E-state index in [9.17, 15) is 0 Å². The van der Waals surface area contributed by atoms with Crippen molar-refractivity contribution in [2.75, 3.05) is 0 Å². The van der Waals surface area contributed by atoms with Crippen molar-refractivity contribution in [2.24, 2.45) is 7.05 Å². The molecule has 0 atom stereocenters. The highest BCUT2D eigenvalue weighted by Crippen LogP contribution is 2.22. The van der Waals surface area contributed by atoms with Crippen molar-refractivity contribution < 1.29 is 4.57 Å². The molecule has 0 spiro atoms. The van der Waals surface area contributed by atoms with Crippen LogP contribution >= 0.6 is 11.8 Å². The van der Waals surface area contributed by atoms with E-state index in [1.165, 1.54) is 11.0 Å². The lowest BCUT2D eigenvalue weighted by Gasteiger charge is -1.92. The van der Waals surface area contributed by atoms with Gasteiger partial charge in [0.1, 0.15) is 0 Å². The summed E-state index contributed by atoms with van der Waals surface area (Å²) in [6.45, 7) is 7.58. The van der Waals surface area contributed by atoms with E-state index in [0.29, 0.717) is 0 Å². The second-order valence-corrected chi connectivity index (χ2v) is 4.10. The molecule has 0 unspecified atom stereocenters. The van der Waals surface area contributed by atoms with E-state index in [4.69, 9.17) is 0 Å². The van der Waals surface area contributed by atoms with Crippen molar-refractivity contribution in [1.82, 2.24) is 4.57 Å². The van der Waals surface area contributed by atoms with Gasteiger partial charge in [-0.05, 0) is 29.3 Å². The summed E-state index contributed by atoms with van der Waals surface area (Å²) < 4.78 is 4.21. The maximum absolute atomic E-state index is 3.84. The first-order valence-electron chi connectivity index (χ1n) is 4.68. The number of rotatable bonds is 3. The van der Waals surface area contributed by atoms with Crippen LogP contribution in [0.5, 0.6) is 0 Å². The summed E-state index contributed by atoms with van der Waals surface area (Å²) in [5, 5.41) is 2.94. The fourth-order valence-corrected chi connectivity index (χ4v) is 2.40. The van der Waals surface area contributed by atoms with Crippen molar-refractivity contribution in [3.05, 3.63) is 42.8 Å². The first kappa shape index (κ1) is 10.1. The smallest absolute Gasteiger partial charge is 0.220 e. The lowest BCUT2D eigenvalue weighted by atomic mass is 10.3. The molecule has 0 saturated heterocycles. The number of aromatic nitrogens is 2. The summed E-state index contributed by atoms with van der Waals surface area (Å²) in [5.41, 5.74) is 2.36. The number of imidazole rings is 1. The van der Waals surface area contributed by atoms with E-state index in [1.807, 2.05) is 30.8 Å². The van der Waals surface area contributed by atoms with Crippen LogP contribution in [-0.4, -0.2) is 4.57 Å². The van der Waals surface area contributed by atoms with Gasteiger partial charge >= 0.3 is 5.16 Å². The van der Waals surface area contributed by atoms with E-state index in [1.54, 1.807) is 11.8 Å². The molecule has 0 bridgehead atoms. The minimum absolute atomic E-state index is 1.11. The number of aryl methyl sites for hydroxylation is 1. The van der Waals surface area contributed by atoms with Crippen molar-refractivity contribution in [1.29, 1.82) is 0 Å². The van der Waals surface area contributed by atoms with Crippen LogP contribution in [-0.2, 0) is 7.05 Å². The molecule has 0 saturated carbocycles. The van der Waals surface area contributed by atoms with E-state index in [2.05, 4.69) is 34.4 Å². The van der Waals surface area contributed by atoms with E-state index in [-0.39, 0.29) is 0 Å². The number of hydrogen-bond donors (Lipinski definition) is 0. The Bertz CT molecular complexity index is 526. The summed E-state index contributed by atoms with van der Waals surface area (Å²) in [7, 11) is 2.05. The van der Waals surface area contributed by atoms with Crippen LogP contribution in [0.1, 0.15) is 0 Å². The van der Waals surface area contributed by atoms with Crippen LogP contribution in [0.25, 0.3) is 17.2 Å². The molecule has 3 heteroatoms. The molecule has 0 radical (unpaired) electrons. The van der Waals surface area contributed by atoms with Crippen LogP contribution in [0, 0.1) is 0 Å². The quantitative estimate of drug-likeness (QED) is 0.567. The van der Waals surface area contributed by atoms with Crippen molar-refractivity contribution in [3.8, 4) is 0 Å². The molecule has 0 aliphatic rings. The van der Waals surface area contributed by atoms with Crippen molar-refractivity contribution in [3.63, 3.8) is 0 Å². The standard InChI is InChI=1S/C12H13N2S/c1-4-14-11-9-7-6-8-10(11)13(3)12(14)15-5-2/h4-9H,1-2H2,3H3/q+1. The maximum Gasteiger partial charge on any atom is 0.327 e. The fraction of sp³-hybridized carbons (Fsp3) is 0.0833. The molecule has 0 amide bonds. The summed E-state index contributed by atoms with van der Waals surface area (Å²) in [6.07, 6.45) is 1.83. The van der Waals surface area contributed by atoms with Gasteiger partial charge in [0.2, 0.25) is 0 Å². The normalized spacial score (nSPS) is 10.5. The molecule has 0 aliphatic heterocycles. The molecule has 0 fully saturated rings. The van der Waals surface area contributed by atoms with Crippen LogP contribution < -0.4 is 4.57 Å². The highest BCUT2D eigenvalue weighted by atomic mass is 32.2. The largest absolute Gasteiger partial charge is 0.327 e. The Balaban J connectivity index is 2.83. The molecular formula is C12H13N2S+. The molecule has 1 aromatic heterocycles. The zero-order chi connectivity index (χ0) is 10.8. The zero-order valence-electron chi connectivity index (χ0n) is 8.68. The fourth-order valence-electron chi connectivity index (χ4n) is 1.71. The highest BCUT2D eigenvalue weighted by Gasteiger charge is 2.19. The second-order valence-electron chi connectivity index (χ2n) is 3.17. The van der Waals surface area contributed by atoms with Gasteiger partial charge in [-0.1, -0.05) is 25.3 Å². The number of benzene rings is 1. The van der Waals surface area contributed by atoms with Gasteiger partial charge in [-0.15, -0.1) is 0 Å². The van der Waals surface area contributed by atoms with Gasteiger partial charge < -0.3 is 0 Å². The van der Waals surface area contributed by atoms with Crippen LogP contribution in [0.3, 0.4) is 0 Å². The maximum atomic E-state index is 3.84. The average molecular weight is 217 g/mol. The van der Waals surface area contributed by atoms with Gasteiger partial charge in [-0.25, -0.2) is 4.57 Å². The average Bonchev–Trinajstić information content (AvgIpc) is 2.54. The summed E-state index contributed by atoms with van der Waals surface area (Å²) in [6, 6.07) is 8.26. The third-order valence-corrected chi connectivity index (χ3v) is 3.21. The number of thioether (sulfide) groups is 1. The Morgan fingerprint density at radius 3 is 2.73 bits per heavy atom. The van der Waals surface area contributed by atoms with Crippen LogP contribution in [0.15, 0.2) is 48.0 Å². The van der Waals surface area contributed by atoms with Gasteiger partial charge in [0.25, 0.3) is 0 Å². The Kier molecular flexibility index (Phi) is 2.64. The third kappa shape index (κ3) is 1.49. The minimum Gasteiger partial charge on any atom is -0.220 e. The minimum atomic E-state index is 1.11. The molecule has 76 valence electrons. The van der Waals surface area contributed by atoms with Crippen LogP contribution in [0.4, 0.5) is 0 Å². The SMILES string of the molecule is C=CSc1n(C=C)c2ccccc2[n+]1C. The van der Waals surface area contributed by atoms with Gasteiger partial charge in [-0.2, -0.15) is 4.57 Å². The Hall–Kier alpha value is -1.48. The first-order valence-corrected chi connectivity index (χ1v) is 5.56. The molecule has 1 aromatic carbocycles. The van der Waals surface area contributed by atoms with E-state index >= 15 is 0 Å².